The van der Waals surface area contributed by atoms with Gasteiger partial charge in [-0.25, -0.2) is 0 Å². The van der Waals surface area contributed by atoms with Gasteiger partial charge in [0.25, 0.3) is 0 Å². The molecule has 4 atom stereocenters. The fraction of sp³-hybridized carbons (Fsp3) is 0.318. The van der Waals surface area contributed by atoms with Gasteiger partial charge in [-0.2, -0.15) is 0 Å². The number of aliphatic hydroxyl groups excluding tert-OH is 3. The molecule has 0 saturated heterocycles. The summed E-state index contributed by atoms with van der Waals surface area (Å²) in [5.41, 5.74) is 1.14. The van der Waals surface area contributed by atoms with E-state index in [1.165, 1.54) is 48.5 Å². The summed E-state index contributed by atoms with van der Waals surface area (Å²) in [6.45, 7) is -1.76. The van der Waals surface area contributed by atoms with E-state index in [2.05, 4.69) is 10.0 Å². The molecule has 5 N–H and O–H groups in total. The van der Waals surface area contributed by atoms with Gasteiger partial charge in [0.1, 0.15) is 12.2 Å². The molecule has 0 aliphatic heterocycles. The highest BCUT2D eigenvalue weighted by Crippen LogP contribution is 2.33. The van der Waals surface area contributed by atoms with Gasteiger partial charge in [0, 0.05) is 29.0 Å². The first-order valence-electron chi connectivity index (χ1n) is 9.81. The summed E-state index contributed by atoms with van der Waals surface area (Å²) in [7, 11) is 0. The summed E-state index contributed by atoms with van der Waals surface area (Å²) in [6.07, 6.45) is -6.03. The molecule has 0 heterocycles. The van der Waals surface area contributed by atoms with E-state index in [-0.39, 0.29) is 11.1 Å². The molecule has 2 rings (SSSR count). The van der Waals surface area contributed by atoms with Gasteiger partial charge in [0.05, 0.1) is 6.61 Å². The Morgan fingerprint density at radius 3 is 1.85 bits per heavy atom. The van der Waals surface area contributed by atoms with Crippen molar-refractivity contribution >= 4 is 17.3 Å². The molecule has 0 amide bonds. The number of azide groups is 1. The molecule has 0 aliphatic rings. The number of nitrogens with zero attached hydrogens (tertiary/aromatic N) is 3. The van der Waals surface area contributed by atoms with Crippen LogP contribution in [0.4, 0.5) is 0 Å². The second kappa shape index (κ2) is 10.9. The van der Waals surface area contributed by atoms with Gasteiger partial charge in [0.15, 0.2) is 17.2 Å². The molecule has 0 aliphatic carbocycles. The van der Waals surface area contributed by atoms with Crippen molar-refractivity contribution in [2.75, 3.05) is 13.2 Å². The predicted molar refractivity (Wildman–Crippen MR) is 114 cm³/mol. The van der Waals surface area contributed by atoms with Crippen LogP contribution in [0.3, 0.4) is 0 Å². The van der Waals surface area contributed by atoms with Crippen molar-refractivity contribution in [1.82, 2.24) is 0 Å². The van der Waals surface area contributed by atoms with Gasteiger partial charge in [0.2, 0.25) is 11.4 Å². The monoisotopic (exact) mass is 457 g/mol. The van der Waals surface area contributed by atoms with Crippen LogP contribution in [0.1, 0.15) is 27.1 Å². The first kappa shape index (κ1) is 25.8. The second-order valence-corrected chi connectivity index (χ2v) is 7.21. The quantitative estimate of drug-likeness (QED) is 0.0977. The van der Waals surface area contributed by atoms with Crippen molar-refractivity contribution in [2.24, 2.45) is 5.11 Å². The summed E-state index contributed by atoms with van der Waals surface area (Å²) in [5, 5.41) is 56.4. The van der Waals surface area contributed by atoms with Crippen LogP contribution in [0, 0.1) is 0 Å². The van der Waals surface area contributed by atoms with E-state index >= 15 is 0 Å². The molecule has 11 nitrogen and oxygen atoms in total. The number of hydrogen-bond donors (Lipinski definition) is 5. The number of rotatable bonds is 12. The zero-order valence-corrected chi connectivity index (χ0v) is 17.4. The molecule has 0 bridgehead atoms. The SMILES string of the molecule is [N-]=[N+]=NCCC(=O)[C@](O)(C(=O)c1ccccc1)[C@@H](O)[C@@](O)(C(=O)c1ccccc1)[C@H](O)CO. The van der Waals surface area contributed by atoms with Crippen LogP contribution in [0.2, 0.25) is 0 Å². The van der Waals surface area contributed by atoms with Gasteiger partial charge < -0.3 is 25.5 Å². The van der Waals surface area contributed by atoms with Gasteiger partial charge in [-0.15, -0.1) is 0 Å². The van der Waals surface area contributed by atoms with Crippen molar-refractivity contribution < 1.29 is 39.9 Å². The third-order valence-corrected chi connectivity index (χ3v) is 5.20. The summed E-state index contributed by atoms with van der Waals surface area (Å²) < 4.78 is 0. The van der Waals surface area contributed by atoms with Crippen molar-refractivity contribution in [3.63, 3.8) is 0 Å². The van der Waals surface area contributed by atoms with Gasteiger partial charge in [-0.3, -0.25) is 14.4 Å². The second-order valence-electron chi connectivity index (χ2n) is 7.21. The van der Waals surface area contributed by atoms with Crippen molar-refractivity contribution in [3.8, 4) is 0 Å². The van der Waals surface area contributed by atoms with Crippen LogP contribution < -0.4 is 0 Å². The largest absolute Gasteiger partial charge is 0.394 e. The lowest BCUT2D eigenvalue weighted by Gasteiger charge is -2.41. The predicted octanol–water partition coefficient (Wildman–Crippen LogP) is 0.198. The summed E-state index contributed by atoms with van der Waals surface area (Å²) in [6, 6.07) is 13.6. The maximum Gasteiger partial charge on any atom is 0.215 e. The van der Waals surface area contributed by atoms with E-state index in [4.69, 9.17) is 5.53 Å². The van der Waals surface area contributed by atoms with E-state index in [9.17, 15) is 39.9 Å². The lowest BCUT2D eigenvalue weighted by atomic mass is 9.71. The highest BCUT2D eigenvalue weighted by molar-refractivity contribution is 6.19. The molecule has 33 heavy (non-hydrogen) atoms. The highest BCUT2D eigenvalue weighted by atomic mass is 16.4. The van der Waals surface area contributed by atoms with Crippen molar-refractivity contribution in [1.29, 1.82) is 0 Å². The Balaban J connectivity index is 2.67. The Labute approximate surface area is 188 Å². The minimum absolute atomic E-state index is 0.234. The molecule has 11 heteroatoms. The van der Waals surface area contributed by atoms with Crippen molar-refractivity contribution in [2.45, 2.75) is 29.8 Å². The number of ketones is 3. The van der Waals surface area contributed by atoms with E-state index in [0.29, 0.717) is 0 Å². The summed E-state index contributed by atoms with van der Waals surface area (Å²) in [4.78, 5) is 41.7. The third kappa shape index (κ3) is 4.99. The minimum atomic E-state index is -3.44. The summed E-state index contributed by atoms with van der Waals surface area (Å²) in [5.74, 6) is -4.09. The maximum absolute atomic E-state index is 13.2. The van der Waals surface area contributed by atoms with E-state index in [1.807, 2.05) is 0 Å². The van der Waals surface area contributed by atoms with E-state index in [0.717, 1.165) is 0 Å². The van der Waals surface area contributed by atoms with Gasteiger partial charge >= 0.3 is 0 Å². The van der Waals surface area contributed by atoms with Crippen LogP contribution in [-0.2, 0) is 4.79 Å². The molecule has 0 spiro atoms. The molecule has 174 valence electrons. The van der Waals surface area contributed by atoms with Crippen molar-refractivity contribution in [3.05, 3.63) is 82.2 Å². The lowest BCUT2D eigenvalue weighted by molar-refractivity contribution is -0.184. The smallest absolute Gasteiger partial charge is 0.215 e. The maximum atomic E-state index is 13.2. The average molecular weight is 457 g/mol. The van der Waals surface area contributed by atoms with Gasteiger partial charge in [-0.1, -0.05) is 65.8 Å². The Bertz CT molecular complexity index is 1040. The Morgan fingerprint density at radius 1 is 0.909 bits per heavy atom. The highest BCUT2D eigenvalue weighted by Gasteiger charge is 2.62. The zero-order chi connectivity index (χ0) is 24.6. The molecule has 0 saturated carbocycles. The molecule has 0 unspecified atom stereocenters. The third-order valence-electron chi connectivity index (χ3n) is 5.20. The molecule has 2 aromatic carbocycles. The number of Topliss-reactive ketones (excluding diaryl/α,β-unsaturated/α-hetero) is 3. The fourth-order valence-corrected chi connectivity index (χ4v) is 3.34. The van der Waals surface area contributed by atoms with Crippen LogP contribution in [0.25, 0.3) is 10.4 Å². The number of carbonyl (C=O) groups is 3. The molecule has 0 aromatic heterocycles. The standard InChI is InChI=1S/C22H23N3O8/c23-25-24-12-11-16(27)21(32,18(29)14-7-3-1-4-8-14)20(31)22(33,17(28)13-26)19(30)15-9-5-2-6-10-15/h1-10,17,20,26,28,31-33H,11-13H2/t17-,20-,21+,22+/m1/s1. The Kier molecular flexibility index (Phi) is 8.55. The van der Waals surface area contributed by atoms with E-state index in [1.54, 1.807) is 12.1 Å². The lowest BCUT2D eigenvalue weighted by Crippen LogP contribution is -2.71. The topological polar surface area (TPSA) is 201 Å². The van der Waals surface area contributed by atoms with Crippen LogP contribution in [-0.4, -0.2) is 79.4 Å². The molecule has 2 aromatic rings. The number of benzene rings is 2. The van der Waals surface area contributed by atoms with E-state index < -0.39 is 60.3 Å². The first-order valence-corrected chi connectivity index (χ1v) is 9.81. The normalized spacial score (nSPS) is 16.4. The zero-order valence-electron chi connectivity index (χ0n) is 17.4. The molecular weight excluding hydrogens is 434 g/mol. The minimum Gasteiger partial charge on any atom is -0.394 e. The first-order chi connectivity index (χ1) is 15.6. The summed E-state index contributed by atoms with van der Waals surface area (Å²) >= 11 is 0. The molecule has 0 radical (unpaired) electrons. The number of aliphatic hydroxyl groups is 5. The van der Waals surface area contributed by atoms with Crippen LogP contribution >= 0.6 is 0 Å². The Hall–Kier alpha value is -3.44. The van der Waals surface area contributed by atoms with Gasteiger partial charge in [-0.05, 0) is 5.53 Å². The average Bonchev–Trinajstić information content (AvgIpc) is 2.86. The number of hydrogen-bond acceptors (Lipinski definition) is 9. The Morgan fingerprint density at radius 2 is 1.39 bits per heavy atom. The molecule has 0 fully saturated rings. The van der Waals surface area contributed by atoms with Crippen LogP contribution in [0.5, 0.6) is 0 Å². The molecular formula is C22H23N3O8. The fourth-order valence-electron chi connectivity index (χ4n) is 3.34. The number of carbonyl (C=O) groups excluding carboxylic acids is 3. The van der Waals surface area contributed by atoms with Crippen LogP contribution in [0.15, 0.2) is 65.8 Å².